The van der Waals surface area contributed by atoms with Gasteiger partial charge in [0.1, 0.15) is 12.4 Å². The lowest BCUT2D eigenvalue weighted by Gasteiger charge is -2.32. The summed E-state index contributed by atoms with van der Waals surface area (Å²) in [6.45, 7) is 6.37. The van der Waals surface area contributed by atoms with E-state index in [1.807, 2.05) is 61.5 Å². The van der Waals surface area contributed by atoms with Crippen LogP contribution in [0.3, 0.4) is 0 Å². The van der Waals surface area contributed by atoms with Gasteiger partial charge in [0.05, 0.1) is 12.7 Å². The van der Waals surface area contributed by atoms with Crippen LogP contribution in [-0.4, -0.2) is 48.0 Å². The molecule has 31 heavy (non-hydrogen) atoms. The van der Waals surface area contributed by atoms with Crippen LogP contribution in [0, 0.1) is 0 Å². The summed E-state index contributed by atoms with van der Waals surface area (Å²) in [4.78, 5) is 2.24. The van der Waals surface area contributed by atoms with Crippen molar-refractivity contribution in [2.75, 3.05) is 32.8 Å². The monoisotopic (exact) mass is 442 g/mol. The van der Waals surface area contributed by atoms with Crippen LogP contribution < -0.4 is 10.1 Å². The highest BCUT2D eigenvalue weighted by Crippen LogP contribution is 2.28. The lowest BCUT2D eigenvalue weighted by molar-refractivity contribution is 0.110. The number of rotatable bonds is 9. The van der Waals surface area contributed by atoms with E-state index in [1.165, 1.54) is 5.57 Å². The van der Waals surface area contributed by atoms with Crippen LogP contribution >= 0.6 is 11.6 Å². The molecule has 2 aromatic carbocycles. The molecular formula is C25H31ClN2O3. The van der Waals surface area contributed by atoms with Gasteiger partial charge in [-0.25, -0.2) is 0 Å². The first-order valence-corrected chi connectivity index (χ1v) is 11.0. The number of hydrogen-bond donors (Lipinski definition) is 3. The minimum atomic E-state index is -0.681. The van der Waals surface area contributed by atoms with Gasteiger partial charge < -0.3 is 20.3 Å². The van der Waals surface area contributed by atoms with Crippen LogP contribution in [0.1, 0.15) is 37.5 Å². The smallest absolute Gasteiger partial charge is 0.125 e. The summed E-state index contributed by atoms with van der Waals surface area (Å²) in [6, 6.07) is 15.3. The Morgan fingerprint density at radius 2 is 1.97 bits per heavy atom. The molecule has 2 aromatic rings. The highest BCUT2D eigenvalue weighted by Gasteiger charge is 2.22. The summed E-state index contributed by atoms with van der Waals surface area (Å²) >= 11 is 6.40. The molecule has 6 heteroatoms. The molecule has 0 aromatic heterocycles. The molecule has 0 radical (unpaired) electrons. The number of nitrogens with one attached hydrogen (secondary N) is 1. The molecule has 0 amide bonds. The maximum atomic E-state index is 10.9. The van der Waals surface area contributed by atoms with E-state index in [-0.39, 0.29) is 13.2 Å². The first-order valence-electron chi connectivity index (χ1n) is 10.6. The predicted octanol–water partition coefficient (Wildman–Crippen LogP) is 4.37. The Morgan fingerprint density at radius 3 is 2.71 bits per heavy atom. The van der Waals surface area contributed by atoms with Crippen molar-refractivity contribution >= 4 is 17.3 Å². The number of benzene rings is 2. The van der Waals surface area contributed by atoms with Gasteiger partial charge in [0.2, 0.25) is 0 Å². The van der Waals surface area contributed by atoms with E-state index in [0.29, 0.717) is 23.9 Å². The number of aliphatic hydroxyl groups excluding tert-OH is 2. The second kappa shape index (κ2) is 11.3. The van der Waals surface area contributed by atoms with Crippen molar-refractivity contribution in [2.24, 2.45) is 0 Å². The topological polar surface area (TPSA) is 65.0 Å². The zero-order valence-electron chi connectivity index (χ0n) is 18.1. The van der Waals surface area contributed by atoms with E-state index >= 15 is 0 Å². The molecule has 1 aliphatic heterocycles. The Balaban J connectivity index is 1.69. The number of β-amino-alcohol motifs (C(OH)–C–C–N with tert-alkyl or cyclic N) is 1. The van der Waals surface area contributed by atoms with Crippen molar-refractivity contribution in [1.82, 2.24) is 10.2 Å². The van der Waals surface area contributed by atoms with Crippen molar-refractivity contribution in [1.29, 1.82) is 0 Å². The molecular weight excluding hydrogens is 412 g/mol. The van der Waals surface area contributed by atoms with E-state index in [0.717, 1.165) is 35.5 Å². The third kappa shape index (κ3) is 6.11. The van der Waals surface area contributed by atoms with Crippen LogP contribution in [0.4, 0.5) is 0 Å². The molecule has 1 unspecified atom stereocenters. The van der Waals surface area contributed by atoms with Crippen LogP contribution in [0.15, 0.2) is 65.9 Å². The molecule has 0 aliphatic carbocycles. The molecule has 166 valence electrons. The molecule has 1 aliphatic rings. The second-order valence-electron chi connectivity index (χ2n) is 7.68. The molecule has 0 saturated carbocycles. The Kier molecular flexibility index (Phi) is 8.55. The third-order valence-corrected chi connectivity index (χ3v) is 5.83. The molecule has 3 rings (SSSR count). The minimum absolute atomic E-state index is 0.0611. The van der Waals surface area contributed by atoms with Crippen molar-refractivity contribution < 1.29 is 14.9 Å². The van der Waals surface area contributed by atoms with Crippen molar-refractivity contribution in [2.45, 2.75) is 26.4 Å². The largest absolute Gasteiger partial charge is 0.491 e. The van der Waals surface area contributed by atoms with Gasteiger partial charge in [0.15, 0.2) is 0 Å². The highest BCUT2D eigenvalue weighted by atomic mass is 35.5. The molecule has 5 nitrogen and oxygen atoms in total. The molecule has 0 spiro atoms. The van der Waals surface area contributed by atoms with E-state index in [9.17, 15) is 5.11 Å². The summed E-state index contributed by atoms with van der Waals surface area (Å²) in [5.74, 6) is 0.612. The average Bonchev–Trinajstić information content (AvgIpc) is 2.78. The first kappa shape index (κ1) is 23.4. The fourth-order valence-electron chi connectivity index (χ4n) is 3.74. The zero-order chi connectivity index (χ0) is 22.2. The molecule has 1 atom stereocenters. The number of hydrogen-bond acceptors (Lipinski definition) is 5. The zero-order valence-corrected chi connectivity index (χ0v) is 18.9. The second-order valence-corrected chi connectivity index (χ2v) is 8.08. The maximum absolute atomic E-state index is 10.9. The van der Waals surface area contributed by atoms with E-state index in [2.05, 4.69) is 17.1 Å². The van der Waals surface area contributed by atoms with Crippen molar-refractivity contribution in [3.05, 3.63) is 82.0 Å². The van der Waals surface area contributed by atoms with Gasteiger partial charge in [0.25, 0.3) is 0 Å². The fourth-order valence-corrected chi connectivity index (χ4v) is 3.98. The minimum Gasteiger partial charge on any atom is -0.491 e. The first-order chi connectivity index (χ1) is 15.0. The quantitative estimate of drug-likeness (QED) is 0.538. The molecule has 0 fully saturated rings. The SMILES string of the molecule is C/C=C(\NC1=C(C)CCN(CC(O)c2ccccc2OCCO)C1)c1ccccc1Cl. The summed E-state index contributed by atoms with van der Waals surface area (Å²) in [5.41, 5.74) is 5.13. The van der Waals surface area contributed by atoms with Gasteiger partial charge >= 0.3 is 0 Å². The summed E-state index contributed by atoms with van der Waals surface area (Å²) in [5, 5.41) is 24.2. The Bertz CT molecular complexity index is 942. The molecule has 0 bridgehead atoms. The number of ether oxygens (including phenoxy) is 1. The number of nitrogens with zero attached hydrogens (tertiary/aromatic N) is 1. The van der Waals surface area contributed by atoms with Gasteiger partial charge in [-0.1, -0.05) is 59.6 Å². The van der Waals surface area contributed by atoms with E-state index in [1.54, 1.807) is 0 Å². The van der Waals surface area contributed by atoms with Crippen molar-refractivity contribution in [3.63, 3.8) is 0 Å². The predicted molar refractivity (Wildman–Crippen MR) is 126 cm³/mol. The lowest BCUT2D eigenvalue weighted by Crippen LogP contribution is -2.38. The van der Waals surface area contributed by atoms with E-state index < -0.39 is 6.10 Å². The Labute approximate surface area is 189 Å². The van der Waals surface area contributed by atoms with Crippen LogP contribution in [0.2, 0.25) is 5.02 Å². The molecule has 1 heterocycles. The van der Waals surface area contributed by atoms with Gasteiger partial charge in [-0.2, -0.15) is 0 Å². The molecule has 0 saturated heterocycles. The molecule has 3 N–H and O–H groups in total. The Morgan fingerprint density at radius 1 is 1.23 bits per heavy atom. The number of halogens is 1. The summed E-state index contributed by atoms with van der Waals surface area (Å²) in [6.07, 6.45) is 2.28. The number of para-hydroxylation sites is 1. The van der Waals surface area contributed by atoms with Gasteiger partial charge in [0, 0.05) is 47.2 Å². The lowest BCUT2D eigenvalue weighted by atomic mass is 10.0. The van der Waals surface area contributed by atoms with Crippen LogP contribution in [0.25, 0.3) is 5.70 Å². The third-order valence-electron chi connectivity index (χ3n) is 5.50. The standard InChI is InChI=1S/C25H31ClN2O3/c1-3-22(19-8-4-6-10-21(19)26)27-23-16-28(13-12-18(23)2)17-24(30)20-9-5-7-11-25(20)31-15-14-29/h3-11,24,27,29-30H,12-17H2,1-2H3/b22-3-. The number of allylic oxidation sites excluding steroid dienone is 1. The van der Waals surface area contributed by atoms with Gasteiger partial charge in [-0.05, 0) is 32.4 Å². The highest BCUT2D eigenvalue weighted by molar-refractivity contribution is 6.32. The average molecular weight is 443 g/mol. The normalized spacial score (nSPS) is 16.4. The fraction of sp³-hybridized carbons (Fsp3) is 0.360. The number of aliphatic hydroxyl groups is 2. The van der Waals surface area contributed by atoms with Crippen LogP contribution in [-0.2, 0) is 0 Å². The summed E-state index contributed by atoms with van der Waals surface area (Å²) < 4.78 is 5.59. The Hall–Kier alpha value is -2.31. The van der Waals surface area contributed by atoms with Gasteiger partial charge in [-0.3, -0.25) is 4.90 Å². The van der Waals surface area contributed by atoms with E-state index in [4.69, 9.17) is 21.4 Å². The summed E-state index contributed by atoms with van der Waals surface area (Å²) in [7, 11) is 0. The van der Waals surface area contributed by atoms with Gasteiger partial charge in [-0.15, -0.1) is 0 Å². The maximum Gasteiger partial charge on any atom is 0.125 e. The van der Waals surface area contributed by atoms with Crippen molar-refractivity contribution in [3.8, 4) is 5.75 Å². The van der Waals surface area contributed by atoms with Crippen LogP contribution in [0.5, 0.6) is 5.75 Å².